The van der Waals surface area contributed by atoms with Crippen LogP contribution < -0.4 is 0 Å². The molecule has 0 aromatic carbocycles. The van der Waals surface area contributed by atoms with Gasteiger partial charge < -0.3 is 4.57 Å². The summed E-state index contributed by atoms with van der Waals surface area (Å²) >= 11 is 0. The van der Waals surface area contributed by atoms with Crippen molar-refractivity contribution in [3.63, 3.8) is 0 Å². The largest absolute Gasteiger partial charge is 0.354 e. The Kier molecular flexibility index (Phi) is 2.38. The number of aromatic nitrogens is 1. The van der Waals surface area contributed by atoms with Crippen LogP contribution in [-0.4, -0.2) is 4.57 Å². The molecule has 0 saturated heterocycles. The Bertz CT molecular complexity index is 216. The van der Waals surface area contributed by atoms with E-state index in [2.05, 4.69) is 44.6 Å². The van der Waals surface area contributed by atoms with Crippen molar-refractivity contribution < 1.29 is 0 Å². The second-order valence-corrected chi connectivity index (χ2v) is 3.34. The van der Waals surface area contributed by atoms with E-state index in [1.807, 2.05) is 0 Å². The molecule has 1 aromatic rings. The van der Waals surface area contributed by atoms with Crippen LogP contribution >= 0.6 is 0 Å². The van der Waals surface area contributed by atoms with Crippen LogP contribution in [0.25, 0.3) is 0 Å². The lowest BCUT2D eigenvalue weighted by Crippen LogP contribution is -1.88. The first-order chi connectivity index (χ1) is 5.15. The van der Waals surface area contributed by atoms with Crippen LogP contribution in [0.2, 0.25) is 0 Å². The lowest BCUT2D eigenvalue weighted by atomic mass is 10.0. The Balaban J connectivity index is 2.88. The van der Waals surface area contributed by atoms with E-state index in [1.165, 1.54) is 17.7 Å². The topological polar surface area (TPSA) is 4.93 Å². The molecule has 1 nitrogen and oxygen atoms in total. The molecule has 1 atom stereocenters. The average molecular weight is 151 g/mol. The van der Waals surface area contributed by atoms with E-state index < -0.39 is 0 Å². The molecule has 1 rings (SSSR count). The molecule has 0 N–H and O–H groups in total. The Hall–Kier alpha value is -0.720. The van der Waals surface area contributed by atoms with Gasteiger partial charge in [0.15, 0.2) is 0 Å². The number of aryl methyl sites for hydroxylation is 2. The van der Waals surface area contributed by atoms with Gasteiger partial charge in [-0.05, 0) is 30.9 Å². The van der Waals surface area contributed by atoms with Gasteiger partial charge in [-0.25, -0.2) is 0 Å². The quantitative estimate of drug-likeness (QED) is 0.612. The second-order valence-electron chi connectivity index (χ2n) is 3.34. The summed E-state index contributed by atoms with van der Waals surface area (Å²) in [6.45, 7) is 6.65. The van der Waals surface area contributed by atoms with E-state index in [-0.39, 0.29) is 0 Å². The van der Waals surface area contributed by atoms with Crippen molar-refractivity contribution >= 4 is 0 Å². The van der Waals surface area contributed by atoms with E-state index in [4.69, 9.17) is 0 Å². The Labute approximate surface area is 69.0 Å². The van der Waals surface area contributed by atoms with Crippen molar-refractivity contribution in [1.82, 2.24) is 4.57 Å². The Morgan fingerprint density at radius 2 is 2.18 bits per heavy atom. The van der Waals surface area contributed by atoms with E-state index in [1.54, 1.807) is 0 Å². The molecular weight excluding hydrogens is 134 g/mol. The maximum Gasteiger partial charge on any atom is 0.0143 e. The zero-order valence-corrected chi connectivity index (χ0v) is 7.89. The van der Waals surface area contributed by atoms with Crippen LogP contribution in [0.4, 0.5) is 0 Å². The van der Waals surface area contributed by atoms with Gasteiger partial charge >= 0.3 is 0 Å². The lowest BCUT2D eigenvalue weighted by Gasteiger charge is -2.03. The molecule has 0 fully saturated rings. The number of hydrogen-bond acceptors (Lipinski definition) is 0. The average Bonchev–Trinajstić information content (AvgIpc) is 2.31. The van der Waals surface area contributed by atoms with E-state index in [0.29, 0.717) is 5.92 Å². The standard InChI is InChI=1S/C10H17N/c1-5-8(2)10-6-9(3)11(4)7-10/h6-8H,5H2,1-4H3. The first kappa shape index (κ1) is 8.38. The molecule has 0 aliphatic carbocycles. The zero-order valence-electron chi connectivity index (χ0n) is 7.89. The summed E-state index contributed by atoms with van der Waals surface area (Å²) in [5, 5.41) is 0. The number of rotatable bonds is 2. The zero-order chi connectivity index (χ0) is 8.43. The van der Waals surface area contributed by atoms with E-state index >= 15 is 0 Å². The van der Waals surface area contributed by atoms with Crippen LogP contribution in [0.5, 0.6) is 0 Å². The highest BCUT2D eigenvalue weighted by atomic mass is 14.9. The minimum Gasteiger partial charge on any atom is -0.354 e. The monoisotopic (exact) mass is 151 g/mol. The maximum absolute atomic E-state index is 2.27. The fraction of sp³-hybridized carbons (Fsp3) is 0.600. The highest BCUT2D eigenvalue weighted by Crippen LogP contribution is 2.19. The van der Waals surface area contributed by atoms with E-state index in [0.717, 1.165) is 0 Å². The minimum absolute atomic E-state index is 0.704. The van der Waals surface area contributed by atoms with Crippen molar-refractivity contribution in [2.75, 3.05) is 0 Å². The molecule has 1 heterocycles. The van der Waals surface area contributed by atoms with Gasteiger partial charge in [-0.2, -0.15) is 0 Å². The first-order valence-corrected chi connectivity index (χ1v) is 4.28. The van der Waals surface area contributed by atoms with Gasteiger partial charge in [0.1, 0.15) is 0 Å². The molecule has 11 heavy (non-hydrogen) atoms. The molecule has 0 spiro atoms. The van der Waals surface area contributed by atoms with Crippen LogP contribution in [0.3, 0.4) is 0 Å². The van der Waals surface area contributed by atoms with Crippen molar-refractivity contribution in [2.45, 2.75) is 33.1 Å². The van der Waals surface area contributed by atoms with E-state index in [9.17, 15) is 0 Å². The molecular formula is C10H17N. The van der Waals surface area contributed by atoms with Gasteiger partial charge in [0.2, 0.25) is 0 Å². The molecule has 62 valence electrons. The molecule has 1 aromatic heterocycles. The van der Waals surface area contributed by atoms with Gasteiger partial charge in [-0.1, -0.05) is 13.8 Å². The van der Waals surface area contributed by atoms with Crippen molar-refractivity contribution in [3.8, 4) is 0 Å². The first-order valence-electron chi connectivity index (χ1n) is 4.28. The van der Waals surface area contributed by atoms with Gasteiger partial charge in [0, 0.05) is 18.9 Å². The second kappa shape index (κ2) is 3.12. The van der Waals surface area contributed by atoms with Gasteiger partial charge in [0.25, 0.3) is 0 Å². The summed E-state index contributed by atoms with van der Waals surface area (Å²) in [5.74, 6) is 0.704. The Morgan fingerprint density at radius 3 is 2.55 bits per heavy atom. The van der Waals surface area contributed by atoms with Crippen molar-refractivity contribution in [2.24, 2.45) is 7.05 Å². The SMILES string of the molecule is CCC(C)c1cc(C)n(C)c1. The summed E-state index contributed by atoms with van der Waals surface area (Å²) in [5.41, 5.74) is 2.81. The number of nitrogens with zero attached hydrogens (tertiary/aromatic N) is 1. The van der Waals surface area contributed by atoms with Crippen molar-refractivity contribution in [1.29, 1.82) is 0 Å². The smallest absolute Gasteiger partial charge is 0.0143 e. The van der Waals surface area contributed by atoms with Crippen LogP contribution in [-0.2, 0) is 7.05 Å². The van der Waals surface area contributed by atoms with Gasteiger partial charge in [-0.3, -0.25) is 0 Å². The van der Waals surface area contributed by atoms with Crippen LogP contribution in [0, 0.1) is 6.92 Å². The highest BCUT2D eigenvalue weighted by Gasteiger charge is 2.04. The fourth-order valence-corrected chi connectivity index (χ4v) is 1.21. The maximum atomic E-state index is 2.27. The summed E-state index contributed by atoms with van der Waals surface area (Å²) in [7, 11) is 2.10. The molecule has 0 aliphatic heterocycles. The molecule has 0 bridgehead atoms. The summed E-state index contributed by atoms with van der Waals surface area (Å²) in [6, 6.07) is 2.27. The van der Waals surface area contributed by atoms with Gasteiger partial charge in [0.05, 0.1) is 0 Å². The molecule has 0 saturated carbocycles. The summed E-state index contributed by atoms with van der Waals surface area (Å²) in [6.07, 6.45) is 3.45. The lowest BCUT2D eigenvalue weighted by molar-refractivity contribution is 0.730. The van der Waals surface area contributed by atoms with Crippen LogP contribution in [0.15, 0.2) is 12.3 Å². The molecule has 0 aliphatic rings. The minimum atomic E-state index is 0.704. The Morgan fingerprint density at radius 1 is 1.55 bits per heavy atom. The molecule has 0 amide bonds. The third kappa shape index (κ3) is 1.65. The normalized spacial score (nSPS) is 13.5. The highest BCUT2D eigenvalue weighted by molar-refractivity contribution is 5.20. The van der Waals surface area contributed by atoms with Crippen LogP contribution in [0.1, 0.15) is 37.4 Å². The molecule has 1 heteroatoms. The third-order valence-electron chi connectivity index (χ3n) is 2.46. The molecule has 1 unspecified atom stereocenters. The predicted molar refractivity (Wildman–Crippen MR) is 48.9 cm³/mol. The van der Waals surface area contributed by atoms with Crippen molar-refractivity contribution in [3.05, 3.63) is 23.5 Å². The number of hydrogen-bond donors (Lipinski definition) is 0. The fourth-order valence-electron chi connectivity index (χ4n) is 1.21. The predicted octanol–water partition coefficient (Wildman–Crippen LogP) is 2.85. The molecule has 0 radical (unpaired) electrons. The third-order valence-corrected chi connectivity index (χ3v) is 2.46. The van der Waals surface area contributed by atoms with Gasteiger partial charge in [-0.15, -0.1) is 0 Å². The summed E-state index contributed by atoms with van der Waals surface area (Å²) in [4.78, 5) is 0. The summed E-state index contributed by atoms with van der Waals surface area (Å²) < 4.78 is 2.18.